The van der Waals surface area contributed by atoms with Gasteiger partial charge >= 0.3 is 0 Å². The zero-order valence-corrected chi connectivity index (χ0v) is 10.9. The quantitative estimate of drug-likeness (QED) is 0.848. The van der Waals surface area contributed by atoms with Crippen LogP contribution >= 0.6 is 12.2 Å². The predicted molar refractivity (Wildman–Crippen MR) is 67.9 cm³/mol. The van der Waals surface area contributed by atoms with Crippen molar-refractivity contribution in [1.82, 2.24) is 14.5 Å². The number of methoxy groups -OCH3 is 2. The van der Waals surface area contributed by atoms with Gasteiger partial charge in [0.2, 0.25) is 5.88 Å². The normalized spacial score (nSPS) is 12.9. The summed E-state index contributed by atoms with van der Waals surface area (Å²) < 4.78 is 12.9. The molecule has 0 fully saturated rings. The van der Waals surface area contributed by atoms with E-state index >= 15 is 0 Å². The average molecular weight is 253 g/mol. The first kappa shape index (κ1) is 12.1. The van der Waals surface area contributed by atoms with Crippen LogP contribution in [0.4, 0.5) is 0 Å². The predicted octanol–water partition coefficient (Wildman–Crippen LogP) is 2.14. The highest BCUT2D eigenvalue weighted by molar-refractivity contribution is 7.71. The Hall–Kier alpha value is -1.40. The smallest absolute Gasteiger partial charge is 0.215 e. The highest BCUT2D eigenvalue weighted by atomic mass is 32.1. The van der Waals surface area contributed by atoms with Crippen molar-refractivity contribution in [2.75, 3.05) is 14.2 Å². The van der Waals surface area contributed by atoms with E-state index in [4.69, 9.17) is 21.7 Å². The number of H-pyrrole nitrogens is 1. The third-order valence-electron chi connectivity index (χ3n) is 2.64. The van der Waals surface area contributed by atoms with Crippen molar-refractivity contribution in [3.05, 3.63) is 16.9 Å². The summed E-state index contributed by atoms with van der Waals surface area (Å²) in [5.74, 6) is 0.574. The van der Waals surface area contributed by atoms with Crippen molar-refractivity contribution >= 4 is 23.4 Å². The molecule has 0 saturated carbocycles. The second-order valence-corrected chi connectivity index (χ2v) is 4.20. The molecule has 0 bridgehead atoms. The van der Waals surface area contributed by atoms with Gasteiger partial charge in [0.15, 0.2) is 10.4 Å². The molecule has 17 heavy (non-hydrogen) atoms. The van der Waals surface area contributed by atoms with Crippen LogP contribution in [0.25, 0.3) is 11.2 Å². The van der Waals surface area contributed by atoms with Crippen molar-refractivity contribution in [2.24, 2.45) is 0 Å². The molecule has 5 nitrogen and oxygen atoms in total. The van der Waals surface area contributed by atoms with Crippen LogP contribution < -0.4 is 4.74 Å². The van der Waals surface area contributed by atoms with Crippen LogP contribution in [0.5, 0.6) is 5.88 Å². The zero-order chi connectivity index (χ0) is 12.4. The number of nitrogens with one attached hydrogen (secondary N) is 1. The van der Waals surface area contributed by atoms with Crippen molar-refractivity contribution in [3.8, 4) is 5.88 Å². The van der Waals surface area contributed by atoms with Crippen LogP contribution in [0.1, 0.15) is 6.92 Å². The second-order valence-electron chi connectivity index (χ2n) is 3.81. The Balaban J connectivity index is 2.52. The van der Waals surface area contributed by atoms with E-state index in [1.54, 1.807) is 20.3 Å². The number of hydrogen-bond acceptors (Lipinski definition) is 4. The van der Waals surface area contributed by atoms with E-state index in [-0.39, 0.29) is 6.10 Å². The van der Waals surface area contributed by atoms with Gasteiger partial charge in [0, 0.05) is 13.2 Å². The summed E-state index contributed by atoms with van der Waals surface area (Å²) in [5.41, 5.74) is 1.69. The third-order valence-corrected chi connectivity index (χ3v) is 2.97. The second kappa shape index (κ2) is 4.85. The molecule has 0 aliphatic carbocycles. The zero-order valence-electron chi connectivity index (χ0n) is 10.1. The average Bonchev–Trinajstić information content (AvgIpc) is 2.65. The molecule has 0 aliphatic heterocycles. The molecule has 92 valence electrons. The van der Waals surface area contributed by atoms with Gasteiger partial charge in [0.05, 0.1) is 25.3 Å². The Morgan fingerprint density at radius 1 is 1.47 bits per heavy atom. The molecule has 2 heterocycles. The van der Waals surface area contributed by atoms with Gasteiger partial charge in [0.1, 0.15) is 0 Å². The van der Waals surface area contributed by atoms with Gasteiger partial charge < -0.3 is 14.5 Å². The van der Waals surface area contributed by atoms with Gasteiger partial charge in [-0.05, 0) is 25.2 Å². The molecule has 1 atom stereocenters. The van der Waals surface area contributed by atoms with Crippen molar-refractivity contribution < 1.29 is 9.47 Å². The molecule has 0 saturated heterocycles. The third kappa shape index (κ3) is 2.32. The Bertz CT molecular complexity index is 576. The largest absolute Gasteiger partial charge is 0.481 e. The monoisotopic (exact) mass is 253 g/mol. The fourth-order valence-electron chi connectivity index (χ4n) is 1.63. The number of nitrogens with zero attached hydrogens (tertiary/aromatic N) is 2. The molecule has 2 aromatic heterocycles. The van der Waals surface area contributed by atoms with E-state index in [0.29, 0.717) is 17.2 Å². The molecule has 6 heteroatoms. The van der Waals surface area contributed by atoms with Crippen molar-refractivity contribution in [1.29, 1.82) is 0 Å². The minimum absolute atomic E-state index is 0.0775. The summed E-state index contributed by atoms with van der Waals surface area (Å²) in [5, 5.41) is 0. The first-order valence-electron chi connectivity index (χ1n) is 5.32. The Kier molecular flexibility index (Phi) is 3.44. The molecule has 0 spiro atoms. The number of fused-ring (bicyclic) bond motifs is 1. The molecular weight excluding hydrogens is 238 g/mol. The molecule has 0 radical (unpaired) electrons. The summed E-state index contributed by atoms with van der Waals surface area (Å²) in [6.45, 7) is 2.65. The number of imidazole rings is 1. The van der Waals surface area contributed by atoms with Crippen LogP contribution in [-0.4, -0.2) is 34.9 Å². The lowest BCUT2D eigenvalue weighted by atomic mass is 10.4. The number of hydrogen-bond donors (Lipinski definition) is 1. The fourth-order valence-corrected chi connectivity index (χ4v) is 1.90. The maximum atomic E-state index is 5.27. The Morgan fingerprint density at radius 2 is 2.24 bits per heavy atom. The first-order valence-corrected chi connectivity index (χ1v) is 5.73. The van der Waals surface area contributed by atoms with Crippen LogP contribution in [0, 0.1) is 4.77 Å². The Labute approximate surface area is 104 Å². The molecule has 0 aromatic carbocycles. The van der Waals surface area contributed by atoms with Gasteiger partial charge in [-0.3, -0.25) is 4.57 Å². The van der Waals surface area contributed by atoms with Crippen LogP contribution in [-0.2, 0) is 11.3 Å². The van der Waals surface area contributed by atoms with Crippen LogP contribution in [0.2, 0.25) is 0 Å². The number of pyridine rings is 1. The number of aromatic nitrogens is 3. The van der Waals surface area contributed by atoms with E-state index in [9.17, 15) is 0 Å². The molecule has 1 N–H and O–H groups in total. The fraction of sp³-hybridized carbons (Fsp3) is 0.455. The van der Waals surface area contributed by atoms with Gasteiger partial charge in [0.25, 0.3) is 0 Å². The van der Waals surface area contributed by atoms with Crippen LogP contribution in [0.15, 0.2) is 12.1 Å². The minimum atomic E-state index is 0.0775. The van der Waals surface area contributed by atoms with E-state index < -0.39 is 0 Å². The highest BCUT2D eigenvalue weighted by Gasteiger charge is 2.10. The van der Waals surface area contributed by atoms with Crippen LogP contribution in [0.3, 0.4) is 0 Å². The standard InChI is InChI=1S/C11H15N3O2S/c1-7(15-2)6-14-10-8(12-11(14)17)4-5-9(13-10)16-3/h4-5,7H,6H2,1-3H3,(H,12,17). The van der Waals surface area contributed by atoms with Gasteiger partial charge in [-0.15, -0.1) is 0 Å². The van der Waals surface area contributed by atoms with Gasteiger partial charge in [-0.2, -0.15) is 4.98 Å². The summed E-state index contributed by atoms with van der Waals surface area (Å²) >= 11 is 5.27. The maximum absolute atomic E-state index is 5.27. The molecule has 0 amide bonds. The molecule has 2 rings (SSSR count). The van der Waals surface area contributed by atoms with E-state index in [1.807, 2.05) is 17.6 Å². The lowest BCUT2D eigenvalue weighted by Crippen LogP contribution is -2.15. The van der Waals surface area contributed by atoms with E-state index in [2.05, 4.69) is 9.97 Å². The molecule has 0 aliphatic rings. The summed E-state index contributed by atoms with van der Waals surface area (Å²) in [6, 6.07) is 3.71. The first-order chi connectivity index (χ1) is 8.15. The topological polar surface area (TPSA) is 52.1 Å². The maximum Gasteiger partial charge on any atom is 0.215 e. The Morgan fingerprint density at radius 3 is 2.88 bits per heavy atom. The summed E-state index contributed by atoms with van der Waals surface area (Å²) in [7, 11) is 3.27. The van der Waals surface area contributed by atoms with E-state index in [1.165, 1.54) is 0 Å². The van der Waals surface area contributed by atoms with Gasteiger partial charge in [-0.25, -0.2) is 0 Å². The number of ether oxygens (including phenoxy) is 2. The SMILES string of the molecule is COc1ccc2[nH]c(=S)n(CC(C)OC)c2n1. The lowest BCUT2D eigenvalue weighted by molar-refractivity contribution is 0.104. The van der Waals surface area contributed by atoms with E-state index in [0.717, 1.165) is 11.2 Å². The van der Waals surface area contributed by atoms with Crippen molar-refractivity contribution in [3.63, 3.8) is 0 Å². The molecule has 1 unspecified atom stereocenters. The summed E-state index contributed by atoms with van der Waals surface area (Å²) in [4.78, 5) is 7.50. The minimum Gasteiger partial charge on any atom is -0.481 e. The lowest BCUT2D eigenvalue weighted by Gasteiger charge is -2.10. The number of aromatic amines is 1. The number of rotatable bonds is 4. The molecule has 2 aromatic rings. The highest BCUT2D eigenvalue weighted by Crippen LogP contribution is 2.16. The van der Waals surface area contributed by atoms with Crippen molar-refractivity contribution in [2.45, 2.75) is 19.6 Å². The van der Waals surface area contributed by atoms with Gasteiger partial charge in [-0.1, -0.05) is 0 Å². The molecular formula is C11H15N3O2S. The summed E-state index contributed by atoms with van der Waals surface area (Å²) in [6.07, 6.45) is 0.0775.